The average Bonchev–Trinajstić information content (AvgIpc) is 2.75. The van der Waals surface area contributed by atoms with Crippen molar-refractivity contribution in [3.05, 3.63) is 53.6 Å². The number of nitrogen functional groups attached to an aromatic ring is 1. The van der Waals surface area contributed by atoms with Crippen LogP contribution in [0.4, 0.5) is 5.69 Å². The highest BCUT2D eigenvalue weighted by molar-refractivity contribution is 5.89. The predicted octanol–water partition coefficient (Wildman–Crippen LogP) is 3.86. The Hall–Kier alpha value is -2.73. The van der Waals surface area contributed by atoms with E-state index in [0.29, 0.717) is 11.3 Å². The molecule has 0 saturated heterocycles. The fourth-order valence-corrected chi connectivity index (χ4v) is 2.21. The van der Waals surface area contributed by atoms with E-state index in [9.17, 15) is 0 Å². The standard InChI is InChI=1S/C16H12N2O/c1-10-14-7-6-13(18)8-15(14)19-16(10)12-4-2-11(9-17)3-5-12/h2-8H,18H2,1H3. The van der Waals surface area contributed by atoms with Gasteiger partial charge in [-0.1, -0.05) is 0 Å². The van der Waals surface area contributed by atoms with Crippen molar-refractivity contribution in [2.75, 3.05) is 5.73 Å². The molecule has 3 rings (SSSR count). The SMILES string of the molecule is Cc1c(-c2ccc(C#N)cc2)oc2cc(N)ccc12. The summed E-state index contributed by atoms with van der Waals surface area (Å²) in [6.07, 6.45) is 0. The molecular formula is C16H12N2O. The minimum atomic E-state index is 0.641. The van der Waals surface area contributed by atoms with E-state index >= 15 is 0 Å². The minimum absolute atomic E-state index is 0.641. The molecule has 0 amide bonds. The van der Waals surface area contributed by atoms with Crippen LogP contribution in [0.3, 0.4) is 0 Å². The van der Waals surface area contributed by atoms with E-state index in [1.54, 1.807) is 12.1 Å². The number of nitriles is 1. The van der Waals surface area contributed by atoms with Crippen LogP contribution in [0, 0.1) is 18.3 Å². The minimum Gasteiger partial charge on any atom is -0.456 e. The van der Waals surface area contributed by atoms with Crippen molar-refractivity contribution in [1.29, 1.82) is 5.26 Å². The fourth-order valence-electron chi connectivity index (χ4n) is 2.21. The van der Waals surface area contributed by atoms with Gasteiger partial charge in [-0.2, -0.15) is 5.26 Å². The maximum atomic E-state index is 8.81. The van der Waals surface area contributed by atoms with Gasteiger partial charge in [0.15, 0.2) is 0 Å². The monoisotopic (exact) mass is 248 g/mol. The zero-order valence-corrected chi connectivity index (χ0v) is 10.5. The van der Waals surface area contributed by atoms with Gasteiger partial charge in [0.2, 0.25) is 0 Å². The molecule has 2 N–H and O–H groups in total. The predicted molar refractivity (Wildman–Crippen MR) is 75.5 cm³/mol. The van der Waals surface area contributed by atoms with Gasteiger partial charge in [-0.15, -0.1) is 0 Å². The lowest BCUT2D eigenvalue weighted by Gasteiger charge is -1.98. The van der Waals surface area contributed by atoms with Crippen LogP contribution in [-0.2, 0) is 0 Å². The van der Waals surface area contributed by atoms with Crippen LogP contribution >= 0.6 is 0 Å². The van der Waals surface area contributed by atoms with E-state index in [4.69, 9.17) is 15.4 Å². The number of hydrogen-bond acceptors (Lipinski definition) is 3. The lowest BCUT2D eigenvalue weighted by Crippen LogP contribution is -1.81. The normalized spacial score (nSPS) is 10.5. The number of furan rings is 1. The van der Waals surface area contributed by atoms with Gasteiger partial charge in [0.25, 0.3) is 0 Å². The molecule has 3 aromatic rings. The van der Waals surface area contributed by atoms with E-state index in [-0.39, 0.29) is 0 Å². The number of nitrogens with zero attached hydrogens (tertiary/aromatic N) is 1. The van der Waals surface area contributed by atoms with Crippen LogP contribution in [0.1, 0.15) is 11.1 Å². The molecule has 0 spiro atoms. The summed E-state index contributed by atoms with van der Waals surface area (Å²) in [5, 5.41) is 9.87. The van der Waals surface area contributed by atoms with E-state index in [1.165, 1.54) is 0 Å². The summed E-state index contributed by atoms with van der Waals surface area (Å²) in [5.74, 6) is 0.824. The van der Waals surface area contributed by atoms with Crippen molar-refractivity contribution in [2.45, 2.75) is 6.92 Å². The highest BCUT2D eigenvalue weighted by Crippen LogP contribution is 2.33. The average molecular weight is 248 g/mol. The Balaban J connectivity index is 2.19. The molecule has 0 aliphatic carbocycles. The Bertz CT molecular complexity index is 792. The molecule has 0 radical (unpaired) electrons. The summed E-state index contributed by atoms with van der Waals surface area (Å²) in [4.78, 5) is 0. The number of fused-ring (bicyclic) bond motifs is 1. The highest BCUT2D eigenvalue weighted by Gasteiger charge is 2.12. The van der Waals surface area contributed by atoms with Crippen molar-refractivity contribution in [3.8, 4) is 17.4 Å². The largest absolute Gasteiger partial charge is 0.456 e. The van der Waals surface area contributed by atoms with Crippen LogP contribution in [0.25, 0.3) is 22.3 Å². The molecule has 19 heavy (non-hydrogen) atoms. The molecule has 0 bridgehead atoms. The first-order valence-electron chi connectivity index (χ1n) is 5.98. The van der Waals surface area contributed by atoms with Crippen LogP contribution in [0.2, 0.25) is 0 Å². The summed E-state index contributed by atoms with van der Waals surface area (Å²) in [5.41, 5.74) is 9.93. The summed E-state index contributed by atoms with van der Waals surface area (Å²) in [6.45, 7) is 2.02. The third kappa shape index (κ3) is 1.84. The molecule has 0 unspecified atom stereocenters. The third-order valence-corrected chi connectivity index (χ3v) is 3.24. The second kappa shape index (κ2) is 4.18. The van der Waals surface area contributed by atoms with Gasteiger partial charge >= 0.3 is 0 Å². The van der Waals surface area contributed by atoms with Crippen molar-refractivity contribution in [3.63, 3.8) is 0 Å². The van der Waals surface area contributed by atoms with Gasteiger partial charge in [-0.3, -0.25) is 0 Å². The zero-order valence-electron chi connectivity index (χ0n) is 10.5. The number of rotatable bonds is 1. The Morgan fingerprint density at radius 1 is 1.11 bits per heavy atom. The number of benzene rings is 2. The summed E-state index contributed by atoms with van der Waals surface area (Å²) < 4.78 is 5.88. The quantitative estimate of drug-likeness (QED) is 0.665. The molecule has 0 saturated carbocycles. The van der Waals surface area contributed by atoms with Crippen molar-refractivity contribution >= 4 is 16.7 Å². The number of aryl methyl sites for hydroxylation is 1. The van der Waals surface area contributed by atoms with Gasteiger partial charge in [0, 0.05) is 28.3 Å². The summed E-state index contributed by atoms with van der Waals surface area (Å²) in [6, 6.07) is 15.1. The zero-order chi connectivity index (χ0) is 13.4. The molecule has 2 aromatic carbocycles. The summed E-state index contributed by atoms with van der Waals surface area (Å²) >= 11 is 0. The van der Waals surface area contributed by atoms with Crippen LogP contribution < -0.4 is 5.73 Å². The van der Waals surface area contributed by atoms with E-state index in [0.717, 1.165) is 27.9 Å². The lowest BCUT2D eigenvalue weighted by atomic mass is 10.1. The highest BCUT2D eigenvalue weighted by atomic mass is 16.3. The van der Waals surface area contributed by atoms with Gasteiger partial charge in [-0.25, -0.2) is 0 Å². The number of hydrogen-bond donors (Lipinski definition) is 1. The van der Waals surface area contributed by atoms with Crippen molar-refractivity contribution < 1.29 is 4.42 Å². The molecule has 0 atom stereocenters. The van der Waals surface area contributed by atoms with E-state index in [2.05, 4.69) is 6.07 Å². The van der Waals surface area contributed by atoms with Crippen molar-refractivity contribution in [2.24, 2.45) is 0 Å². The molecule has 0 fully saturated rings. The molecule has 0 aliphatic rings. The smallest absolute Gasteiger partial charge is 0.138 e. The Morgan fingerprint density at radius 2 is 1.84 bits per heavy atom. The third-order valence-electron chi connectivity index (χ3n) is 3.24. The maximum absolute atomic E-state index is 8.81. The van der Waals surface area contributed by atoms with Crippen LogP contribution in [-0.4, -0.2) is 0 Å². The first-order valence-corrected chi connectivity index (χ1v) is 5.98. The Labute approximate surface area is 110 Å². The summed E-state index contributed by atoms with van der Waals surface area (Å²) in [7, 11) is 0. The first-order chi connectivity index (χ1) is 9.19. The van der Waals surface area contributed by atoms with Crippen LogP contribution in [0.5, 0.6) is 0 Å². The Morgan fingerprint density at radius 3 is 2.53 bits per heavy atom. The molecule has 1 heterocycles. The molecule has 3 heteroatoms. The fraction of sp³-hybridized carbons (Fsp3) is 0.0625. The van der Waals surface area contributed by atoms with E-state index in [1.807, 2.05) is 37.3 Å². The van der Waals surface area contributed by atoms with Crippen LogP contribution in [0.15, 0.2) is 46.9 Å². The maximum Gasteiger partial charge on any atom is 0.138 e. The molecule has 3 nitrogen and oxygen atoms in total. The topological polar surface area (TPSA) is 63.0 Å². The molecule has 92 valence electrons. The van der Waals surface area contributed by atoms with Gasteiger partial charge in [-0.05, 0) is 43.3 Å². The molecule has 0 aliphatic heterocycles. The van der Waals surface area contributed by atoms with Gasteiger partial charge in [0.05, 0.1) is 11.6 Å². The number of nitrogens with two attached hydrogens (primary N) is 1. The lowest BCUT2D eigenvalue weighted by molar-refractivity contribution is 0.629. The van der Waals surface area contributed by atoms with Crippen molar-refractivity contribution in [1.82, 2.24) is 0 Å². The van der Waals surface area contributed by atoms with Gasteiger partial charge < -0.3 is 10.2 Å². The Kier molecular flexibility index (Phi) is 2.50. The second-order valence-corrected chi connectivity index (χ2v) is 4.50. The molecule has 1 aromatic heterocycles. The molecular weight excluding hydrogens is 236 g/mol. The second-order valence-electron chi connectivity index (χ2n) is 4.50. The first kappa shape index (κ1) is 11.4. The number of anilines is 1. The van der Waals surface area contributed by atoms with E-state index < -0.39 is 0 Å². The van der Waals surface area contributed by atoms with Gasteiger partial charge in [0.1, 0.15) is 11.3 Å².